The fourth-order valence-corrected chi connectivity index (χ4v) is 4.30. The number of hydrazine groups is 1. The van der Waals surface area contributed by atoms with Crippen molar-refractivity contribution in [3.63, 3.8) is 0 Å². The molecule has 0 atom stereocenters. The summed E-state index contributed by atoms with van der Waals surface area (Å²) in [5.74, 6) is 5.95. The van der Waals surface area contributed by atoms with E-state index in [9.17, 15) is 14.4 Å². The molecule has 194 valence electrons. The Kier molecular flexibility index (Phi) is 10.5. The van der Waals surface area contributed by atoms with E-state index in [0.717, 1.165) is 18.4 Å². The highest BCUT2D eigenvalue weighted by Gasteiger charge is 2.17. The molecule has 0 radical (unpaired) electrons. The third-order valence-corrected chi connectivity index (χ3v) is 6.29. The van der Waals surface area contributed by atoms with Crippen LogP contribution in [0.25, 0.3) is 0 Å². The molecule has 2 aromatic heterocycles. The van der Waals surface area contributed by atoms with Crippen LogP contribution in [-0.4, -0.2) is 32.9 Å². The van der Waals surface area contributed by atoms with Gasteiger partial charge in [0.15, 0.2) is 0 Å². The molecule has 0 aromatic carbocycles. The summed E-state index contributed by atoms with van der Waals surface area (Å²) >= 11 is 0. The first kappa shape index (κ1) is 26.9. The van der Waals surface area contributed by atoms with Gasteiger partial charge in [-0.05, 0) is 49.3 Å². The fraction of sp³-hybridized carbons (Fsp3) is 0.462. The molecule has 6 N–H and O–H groups in total. The molecule has 2 amide bonds. The lowest BCUT2D eigenvalue weighted by molar-refractivity contribution is -0.118. The van der Waals surface area contributed by atoms with E-state index in [-0.39, 0.29) is 17.2 Å². The number of carbonyl (C=O) groups excluding carboxylic acids is 2. The number of pyridine rings is 2. The summed E-state index contributed by atoms with van der Waals surface area (Å²) in [7, 11) is 0. The number of rotatable bonds is 12. The SMILES string of the molecule is N/C(=C\N(N)CCCCn1ccc(NC(=O)CC2CCCCC2)cc1=O)C(=O)NCc1cccnc1. The average molecular weight is 496 g/mol. The predicted octanol–water partition coefficient (Wildman–Crippen LogP) is 2.22. The zero-order valence-corrected chi connectivity index (χ0v) is 20.7. The molecule has 2 aromatic rings. The number of hydrogen-bond acceptors (Lipinski definition) is 7. The van der Waals surface area contributed by atoms with E-state index in [1.54, 1.807) is 35.3 Å². The van der Waals surface area contributed by atoms with Crippen molar-refractivity contribution < 1.29 is 9.59 Å². The number of nitrogens with one attached hydrogen (secondary N) is 2. The van der Waals surface area contributed by atoms with Gasteiger partial charge in [-0.25, -0.2) is 5.84 Å². The van der Waals surface area contributed by atoms with E-state index >= 15 is 0 Å². The second kappa shape index (κ2) is 14.0. The van der Waals surface area contributed by atoms with Crippen LogP contribution in [0.2, 0.25) is 0 Å². The van der Waals surface area contributed by atoms with Gasteiger partial charge in [-0.3, -0.25) is 19.4 Å². The van der Waals surface area contributed by atoms with Crippen molar-refractivity contribution in [3.8, 4) is 0 Å². The van der Waals surface area contributed by atoms with Gasteiger partial charge in [0.05, 0.1) is 0 Å². The first-order valence-corrected chi connectivity index (χ1v) is 12.6. The van der Waals surface area contributed by atoms with E-state index in [2.05, 4.69) is 15.6 Å². The average Bonchev–Trinajstić information content (AvgIpc) is 2.87. The maximum atomic E-state index is 12.4. The smallest absolute Gasteiger partial charge is 0.268 e. The Labute approximate surface area is 211 Å². The maximum absolute atomic E-state index is 12.4. The molecule has 1 saturated carbocycles. The Morgan fingerprint density at radius 1 is 1.19 bits per heavy atom. The summed E-state index contributed by atoms with van der Waals surface area (Å²) in [6.45, 7) is 1.32. The number of nitrogens with zero attached hydrogens (tertiary/aromatic N) is 3. The lowest BCUT2D eigenvalue weighted by Crippen LogP contribution is -2.33. The molecule has 2 heterocycles. The summed E-state index contributed by atoms with van der Waals surface area (Å²) in [6, 6.07) is 6.86. The number of aromatic nitrogens is 2. The van der Waals surface area contributed by atoms with E-state index in [1.807, 2.05) is 6.07 Å². The molecule has 10 heteroatoms. The highest BCUT2D eigenvalue weighted by Crippen LogP contribution is 2.26. The molecule has 0 spiro atoms. The molecule has 0 bridgehead atoms. The van der Waals surface area contributed by atoms with Crippen molar-refractivity contribution in [1.82, 2.24) is 19.9 Å². The third-order valence-electron chi connectivity index (χ3n) is 6.29. The van der Waals surface area contributed by atoms with Gasteiger partial charge >= 0.3 is 0 Å². The summed E-state index contributed by atoms with van der Waals surface area (Å²) in [4.78, 5) is 40.8. The predicted molar refractivity (Wildman–Crippen MR) is 139 cm³/mol. The van der Waals surface area contributed by atoms with Crippen molar-refractivity contribution in [3.05, 3.63) is 70.7 Å². The number of aryl methyl sites for hydroxylation is 1. The Balaban J connectivity index is 1.36. The van der Waals surface area contributed by atoms with Gasteiger partial charge in [0.1, 0.15) is 5.70 Å². The Morgan fingerprint density at radius 2 is 2.00 bits per heavy atom. The molecule has 1 aliphatic carbocycles. The van der Waals surface area contributed by atoms with E-state index in [1.165, 1.54) is 36.5 Å². The molecule has 36 heavy (non-hydrogen) atoms. The largest absolute Gasteiger partial charge is 0.393 e. The van der Waals surface area contributed by atoms with Crippen LogP contribution in [0.4, 0.5) is 5.69 Å². The third kappa shape index (κ3) is 9.18. The van der Waals surface area contributed by atoms with E-state index in [0.29, 0.717) is 50.5 Å². The van der Waals surface area contributed by atoms with Gasteiger partial charge in [-0.1, -0.05) is 25.3 Å². The van der Waals surface area contributed by atoms with Crippen LogP contribution in [0.5, 0.6) is 0 Å². The zero-order chi connectivity index (χ0) is 25.8. The number of anilines is 1. The number of unbranched alkanes of at least 4 members (excludes halogenated alkanes) is 1. The van der Waals surface area contributed by atoms with Gasteiger partial charge in [-0.15, -0.1) is 0 Å². The maximum Gasteiger partial charge on any atom is 0.268 e. The molecule has 0 unspecified atom stereocenters. The van der Waals surface area contributed by atoms with Gasteiger partial charge in [0.25, 0.3) is 11.5 Å². The lowest BCUT2D eigenvalue weighted by Gasteiger charge is -2.20. The first-order chi connectivity index (χ1) is 17.4. The Hall–Kier alpha value is -3.66. The van der Waals surface area contributed by atoms with Crippen LogP contribution in [0, 0.1) is 5.92 Å². The number of amides is 2. The van der Waals surface area contributed by atoms with Crippen LogP contribution >= 0.6 is 0 Å². The Morgan fingerprint density at radius 3 is 2.72 bits per heavy atom. The molecule has 3 rings (SSSR count). The van der Waals surface area contributed by atoms with Crippen molar-refractivity contribution in [2.75, 3.05) is 11.9 Å². The minimum absolute atomic E-state index is 0.0127. The number of hydrogen-bond donors (Lipinski definition) is 4. The van der Waals surface area contributed by atoms with Crippen LogP contribution < -0.4 is 27.8 Å². The second-order valence-corrected chi connectivity index (χ2v) is 9.28. The van der Waals surface area contributed by atoms with Crippen LogP contribution in [0.15, 0.2) is 59.5 Å². The van der Waals surface area contributed by atoms with Crippen molar-refractivity contribution in [2.45, 2.75) is 64.5 Å². The van der Waals surface area contributed by atoms with Crippen molar-refractivity contribution in [2.24, 2.45) is 17.5 Å². The Bertz CT molecular complexity index is 1080. The number of carbonyl (C=O) groups is 2. The van der Waals surface area contributed by atoms with Crippen molar-refractivity contribution in [1.29, 1.82) is 0 Å². The molecule has 0 aliphatic heterocycles. The summed E-state index contributed by atoms with van der Waals surface area (Å²) in [6.07, 6.45) is 14.2. The quantitative estimate of drug-likeness (QED) is 0.153. The molecular formula is C26H37N7O3. The molecule has 10 nitrogen and oxygen atoms in total. The fourth-order valence-electron chi connectivity index (χ4n) is 4.30. The lowest BCUT2D eigenvalue weighted by atomic mass is 9.87. The highest BCUT2D eigenvalue weighted by molar-refractivity contribution is 5.92. The van der Waals surface area contributed by atoms with Gasteiger partial charge in [0.2, 0.25) is 5.91 Å². The minimum Gasteiger partial charge on any atom is -0.393 e. The molecule has 1 aliphatic rings. The molecular weight excluding hydrogens is 458 g/mol. The normalized spacial score (nSPS) is 14.3. The van der Waals surface area contributed by atoms with Crippen LogP contribution in [-0.2, 0) is 22.7 Å². The first-order valence-electron chi connectivity index (χ1n) is 12.6. The summed E-state index contributed by atoms with van der Waals surface area (Å²) in [5, 5.41) is 6.94. The minimum atomic E-state index is -0.410. The van der Waals surface area contributed by atoms with Crippen LogP contribution in [0.3, 0.4) is 0 Å². The van der Waals surface area contributed by atoms with Gasteiger partial charge in [-0.2, -0.15) is 0 Å². The van der Waals surface area contributed by atoms with Gasteiger partial charge < -0.3 is 25.9 Å². The molecule has 1 fully saturated rings. The summed E-state index contributed by atoms with van der Waals surface area (Å²) < 4.78 is 1.60. The standard InChI is InChI=1S/C26H37N7O3/c27-23(26(36)30-18-21-9-6-11-29-17-21)19-33(28)13-5-4-12-32-14-10-22(16-25(32)35)31-24(34)15-20-7-2-1-3-8-20/h6,9-11,14,16-17,19-20H,1-5,7-8,12-13,15,18,27-28H2,(H,30,36)(H,31,34)/b23-19-. The topological polar surface area (TPSA) is 148 Å². The molecule has 0 saturated heterocycles. The zero-order valence-electron chi connectivity index (χ0n) is 20.7. The van der Waals surface area contributed by atoms with E-state index < -0.39 is 5.91 Å². The van der Waals surface area contributed by atoms with E-state index in [4.69, 9.17) is 11.6 Å². The summed E-state index contributed by atoms with van der Waals surface area (Å²) in [5.41, 5.74) is 7.09. The second-order valence-electron chi connectivity index (χ2n) is 9.28. The van der Waals surface area contributed by atoms with Gasteiger partial charge in [0, 0.05) is 62.6 Å². The highest BCUT2D eigenvalue weighted by atomic mass is 16.2. The van der Waals surface area contributed by atoms with Crippen LogP contribution in [0.1, 0.15) is 56.9 Å². The van der Waals surface area contributed by atoms with Crippen molar-refractivity contribution >= 4 is 17.5 Å². The number of nitrogens with two attached hydrogens (primary N) is 2. The monoisotopic (exact) mass is 495 g/mol.